The minimum absolute atomic E-state index is 0.0304. The molecule has 2 fully saturated rings. The van der Waals surface area contributed by atoms with Crippen LogP contribution in [0.5, 0.6) is 0 Å². The van der Waals surface area contributed by atoms with Gasteiger partial charge in [-0.2, -0.15) is 0 Å². The largest absolute Gasteiger partial charge is 0.365 e. The number of amides is 1. The Labute approximate surface area is 135 Å². The van der Waals surface area contributed by atoms with E-state index >= 15 is 0 Å². The summed E-state index contributed by atoms with van der Waals surface area (Å²) < 4.78 is 7.27. The fourth-order valence-electron chi connectivity index (χ4n) is 3.26. The molecule has 2 aliphatic rings. The van der Waals surface area contributed by atoms with Crippen molar-refractivity contribution in [2.75, 3.05) is 32.8 Å². The van der Waals surface area contributed by atoms with Crippen molar-refractivity contribution in [3.63, 3.8) is 0 Å². The number of ether oxygens (including phenoxy) is 1. The van der Waals surface area contributed by atoms with E-state index < -0.39 is 0 Å². The Kier molecular flexibility index (Phi) is 5.07. The van der Waals surface area contributed by atoms with Gasteiger partial charge in [0.1, 0.15) is 6.61 Å². The second-order valence-electron chi connectivity index (χ2n) is 6.52. The van der Waals surface area contributed by atoms with Gasteiger partial charge in [-0.1, -0.05) is 0 Å². The third-order valence-electron chi connectivity index (χ3n) is 4.67. The molecule has 1 aromatic rings. The van der Waals surface area contributed by atoms with Gasteiger partial charge < -0.3 is 15.0 Å². The molecule has 3 rings (SSSR count). The van der Waals surface area contributed by atoms with Crippen LogP contribution in [0.4, 0.5) is 0 Å². The fourth-order valence-corrected chi connectivity index (χ4v) is 3.26. The predicted octanol–water partition coefficient (Wildman–Crippen LogP) is -0.221. The maximum absolute atomic E-state index is 12.1. The molecule has 1 unspecified atom stereocenters. The second kappa shape index (κ2) is 7.23. The number of hydrogen-bond donors (Lipinski definition) is 1. The highest BCUT2D eigenvalue weighted by Crippen LogP contribution is 2.19. The highest BCUT2D eigenvalue weighted by molar-refractivity contribution is 5.77. The molecule has 1 aromatic heterocycles. The van der Waals surface area contributed by atoms with Gasteiger partial charge in [0.15, 0.2) is 0 Å². The van der Waals surface area contributed by atoms with Crippen LogP contribution in [0.2, 0.25) is 0 Å². The zero-order valence-electron chi connectivity index (χ0n) is 13.5. The van der Waals surface area contributed by atoms with Gasteiger partial charge in [-0.25, -0.2) is 4.98 Å². The maximum Gasteiger partial charge on any atom is 0.256 e. The van der Waals surface area contributed by atoms with Gasteiger partial charge in [0, 0.05) is 31.4 Å². The van der Waals surface area contributed by atoms with Gasteiger partial charge >= 0.3 is 0 Å². The Morgan fingerprint density at radius 2 is 2.09 bits per heavy atom. The first-order valence-corrected chi connectivity index (χ1v) is 8.23. The van der Waals surface area contributed by atoms with Crippen LogP contribution in [0.3, 0.4) is 0 Å². The van der Waals surface area contributed by atoms with Crippen molar-refractivity contribution in [1.29, 1.82) is 0 Å². The topological polar surface area (TPSA) is 76.5 Å². The number of nitrogens with one attached hydrogen (secondary N) is 1. The van der Waals surface area contributed by atoms with E-state index in [-0.39, 0.29) is 24.2 Å². The molecule has 1 amide bonds. The van der Waals surface area contributed by atoms with E-state index in [9.17, 15) is 9.59 Å². The van der Waals surface area contributed by atoms with E-state index in [1.165, 1.54) is 0 Å². The van der Waals surface area contributed by atoms with E-state index in [1.54, 1.807) is 24.0 Å². The molecule has 1 atom stereocenters. The van der Waals surface area contributed by atoms with Crippen LogP contribution in [0.1, 0.15) is 18.4 Å². The first kappa shape index (κ1) is 16.1. The quantitative estimate of drug-likeness (QED) is 0.830. The number of carbonyl (C=O) groups excluding carboxylic acids is 1. The molecule has 23 heavy (non-hydrogen) atoms. The number of likely N-dealkylation sites (tertiary alicyclic amines) is 1. The molecule has 0 spiro atoms. The Balaban J connectivity index is 1.46. The zero-order valence-corrected chi connectivity index (χ0v) is 13.5. The van der Waals surface area contributed by atoms with Crippen molar-refractivity contribution in [3.8, 4) is 0 Å². The Hall–Kier alpha value is -1.73. The van der Waals surface area contributed by atoms with E-state index in [0.717, 1.165) is 39.0 Å². The number of morpholine rings is 1. The monoisotopic (exact) mass is 320 g/mol. The van der Waals surface area contributed by atoms with Crippen molar-refractivity contribution >= 4 is 5.91 Å². The molecule has 3 heterocycles. The molecular weight excluding hydrogens is 296 g/mol. The smallest absolute Gasteiger partial charge is 0.256 e. The molecule has 7 nitrogen and oxygen atoms in total. The molecule has 0 radical (unpaired) electrons. The van der Waals surface area contributed by atoms with Crippen LogP contribution in [0, 0.1) is 12.8 Å². The minimum atomic E-state index is -0.0304. The van der Waals surface area contributed by atoms with Crippen molar-refractivity contribution in [2.45, 2.75) is 32.4 Å². The first-order chi connectivity index (χ1) is 11.1. The lowest BCUT2D eigenvalue weighted by Gasteiger charge is -2.35. The Morgan fingerprint density at radius 1 is 1.30 bits per heavy atom. The normalized spacial score (nSPS) is 23.7. The molecule has 2 aliphatic heterocycles. The third-order valence-corrected chi connectivity index (χ3v) is 4.67. The van der Waals surface area contributed by atoms with E-state index in [2.05, 4.69) is 15.2 Å². The highest BCUT2D eigenvalue weighted by atomic mass is 16.5. The summed E-state index contributed by atoms with van der Waals surface area (Å²) in [6.07, 6.45) is 5.48. The van der Waals surface area contributed by atoms with Crippen LogP contribution in [0.25, 0.3) is 0 Å². The predicted molar refractivity (Wildman–Crippen MR) is 85.1 cm³/mol. The summed E-state index contributed by atoms with van der Waals surface area (Å²) in [7, 11) is 0. The van der Waals surface area contributed by atoms with Gasteiger partial charge in [0.25, 0.3) is 5.56 Å². The van der Waals surface area contributed by atoms with E-state index in [1.807, 2.05) is 0 Å². The van der Waals surface area contributed by atoms with Crippen LogP contribution >= 0.6 is 0 Å². The number of aryl methyl sites for hydroxylation is 1. The van der Waals surface area contributed by atoms with Gasteiger partial charge in [-0.05, 0) is 38.8 Å². The Bertz CT molecular complexity index is 598. The van der Waals surface area contributed by atoms with Crippen LogP contribution in [-0.4, -0.2) is 59.2 Å². The fraction of sp³-hybridized carbons (Fsp3) is 0.688. The molecule has 0 saturated carbocycles. The second-order valence-corrected chi connectivity index (χ2v) is 6.52. The van der Waals surface area contributed by atoms with E-state index in [0.29, 0.717) is 18.0 Å². The van der Waals surface area contributed by atoms with Crippen molar-refractivity contribution in [1.82, 2.24) is 19.8 Å². The van der Waals surface area contributed by atoms with Gasteiger partial charge in [-0.15, -0.1) is 0 Å². The average Bonchev–Trinajstić information content (AvgIpc) is 2.56. The summed E-state index contributed by atoms with van der Waals surface area (Å²) in [5.74, 6) is 0.483. The summed E-state index contributed by atoms with van der Waals surface area (Å²) in [6, 6.07) is 0. The molecule has 1 N–H and O–H groups in total. The van der Waals surface area contributed by atoms with Crippen LogP contribution in [-0.2, 0) is 16.1 Å². The highest BCUT2D eigenvalue weighted by Gasteiger charge is 2.25. The molecule has 126 valence electrons. The van der Waals surface area contributed by atoms with Crippen LogP contribution in [0.15, 0.2) is 17.3 Å². The third kappa shape index (κ3) is 4.17. The number of rotatable bonds is 4. The summed E-state index contributed by atoms with van der Waals surface area (Å²) >= 11 is 0. The number of piperidine rings is 1. The lowest BCUT2D eigenvalue weighted by atomic mass is 9.96. The maximum atomic E-state index is 12.1. The number of nitrogens with zero attached hydrogens (tertiary/aromatic N) is 3. The standard InChI is InChI=1S/C16H24N4O3/c1-12-6-17-11-20(16(12)22)8-13-2-4-19(5-3-13)9-14-7-18-15(21)10-23-14/h6,11,13-14H,2-5,7-10H2,1H3,(H,18,21). The van der Waals surface area contributed by atoms with Gasteiger partial charge in [0.2, 0.25) is 5.91 Å². The van der Waals surface area contributed by atoms with Gasteiger partial charge in [-0.3, -0.25) is 14.2 Å². The van der Waals surface area contributed by atoms with Crippen LogP contribution < -0.4 is 10.9 Å². The number of aromatic nitrogens is 2. The number of hydrogen-bond acceptors (Lipinski definition) is 5. The average molecular weight is 320 g/mol. The van der Waals surface area contributed by atoms with E-state index in [4.69, 9.17) is 4.74 Å². The molecule has 2 saturated heterocycles. The molecule has 0 aromatic carbocycles. The first-order valence-electron chi connectivity index (χ1n) is 8.23. The lowest BCUT2D eigenvalue weighted by molar-refractivity contribution is -0.134. The zero-order chi connectivity index (χ0) is 16.2. The molecule has 0 aliphatic carbocycles. The van der Waals surface area contributed by atoms with Crippen molar-refractivity contribution in [3.05, 3.63) is 28.4 Å². The summed E-state index contributed by atoms with van der Waals surface area (Å²) in [6.45, 7) is 6.19. The van der Waals surface area contributed by atoms with Crippen molar-refractivity contribution in [2.24, 2.45) is 5.92 Å². The Morgan fingerprint density at radius 3 is 2.78 bits per heavy atom. The summed E-state index contributed by atoms with van der Waals surface area (Å²) in [5.41, 5.74) is 0.759. The molecular formula is C16H24N4O3. The minimum Gasteiger partial charge on any atom is -0.365 e. The number of carbonyl (C=O) groups is 1. The molecule has 7 heteroatoms. The van der Waals surface area contributed by atoms with Crippen molar-refractivity contribution < 1.29 is 9.53 Å². The summed E-state index contributed by atoms with van der Waals surface area (Å²) in [5, 5.41) is 2.84. The summed E-state index contributed by atoms with van der Waals surface area (Å²) in [4.78, 5) is 29.6. The lowest BCUT2D eigenvalue weighted by Crippen LogP contribution is -2.49. The SMILES string of the molecule is Cc1cncn(CC2CCN(CC3CNC(=O)CO3)CC2)c1=O. The van der Waals surface area contributed by atoms with Gasteiger partial charge in [0.05, 0.1) is 12.4 Å². The molecule has 0 bridgehead atoms.